The van der Waals surface area contributed by atoms with Crippen LogP contribution >= 0.6 is 0 Å². The Morgan fingerprint density at radius 1 is 1.03 bits per heavy atom. The van der Waals surface area contributed by atoms with Gasteiger partial charge < -0.3 is 5.32 Å². The first-order valence-electron chi connectivity index (χ1n) is 10.4. The number of nitrogens with one attached hydrogen (secondary N) is 1. The first kappa shape index (κ1) is 20.1. The number of sulfonamides is 1. The number of carbonyl (C=O) groups is 1. The van der Waals surface area contributed by atoms with Crippen LogP contribution in [0.1, 0.15) is 48.5 Å². The van der Waals surface area contributed by atoms with Gasteiger partial charge in [0.25, 0.3) is 5.91 Å². The van der Waals surface area contributed by atoms with Crippen LogP contribution in [-0.4, -0.2) is 31.2 Å². The first-order valence-corrected chi connectivity index (χ1v) is 11.9. The van der Waals surface area contributed by atoms with Crippen LogP contribution in [0, 0.1) is 11.8 Å². The lowest BCUT2D eigenvalue weighted by Gasteiger charge is -2.23. The van der Waals surface area contributed by atoms with E-state index in [0.29, 0.717) is 29.0 Å². The van der Waals surface area contributed by atoms with Gasteiger partial charge in [0.05, 0.1) is 4.90 Å². The second-order valence-corrected chi connectivity index (χ2v) is 10.1. The fourth-order valence-electron chi connectivity index (χ4n) is 4.75. The lowest BCUT2D eigenvalue weighted by atomic mass is 9.95. The normalized spacial score (nSPS) is 23.4. The Labute approximate surface area is 173 Å². The van der Waals surface area contributed by atoms with Gasteiger partial charge in [0.1, 0.15) is 0 Å². The van der Waals surface area contributed by atoms with Crippen molar-refractivity contribution in [2.24, 2.45) is 11.8 Å². The summed E-state index contributed by atoms with van der Waals surface area (Å²) >= 11 is 0. The van der Waals surface area contributed by atoms with Gasteiger partial charge in [-0.25, -0.2) is 8.42 Å². The maximum atomic E-state index is 12.9. The molecule has 2 fully saturated rings. The SMILES string of the molecule is CCN(Cc1ccc(C(=O)N[C@@H]2C[C@H]3CC[C@H]2C3)cc1)S(=O)(=O)c1ccccc1. The van der Waals surface area contributed by atoms with Crippen molar-refractivity contribution in [2.45, 2.75) is 50.1 Å². The van der Waals surface area contributed by atoms with E-state index in [1.54, 1.807) is 42.5 Å². The molecule has 2 aliphatic carbocycles. The second-order valence-electron chi connectivity index (χ2n) is 8.20. The van der Waals surface area contributed by atoms with Crippen molar-refractivity contribution in [1.29, 1.82) is 0 Å². The minimum atomic E-state index is -3.54. The largest absolute Gasteiger partial charge is 0.349 e. The minimum absolute atomic E-state index is 0.0293. The van der Waals surface area contributed by atoms with Gasteiger partial charge in [0, 0.05) is 24.7 Å². The Morgan fingerprint density at radius 3 is 2.34 bits per heavy atom. The third-order valence-corrected chi connectivity index (χ3v) is 8.30. The molecule has 4 rings (SSSR count). The number of nitrogens with zero attached hydrogens (tertiary/aromatic N) is 1. The van der Waals surface area contributed by atoms with Crippen LogP contribution in [0.2, 0.25) is 0 Å². The summed E-state index contributed by atoms with van der Waals surface area (Å²) in [5.74, 6) is 1.40. The molecule has 3 atom stereocenters. The van der Waals surface area contributed by atoms with E-state index in [-0.39, 0.29) is 12.5 Å². The highest BCUT2D eigenvalue weighted by atomic mass is 32.2. The third kappa shape index (κ3) is 4.23. The molecule has 2 saturated carbocycles. The van der Waals surface area contributed by atoms with Crippen LogP contribution in [0.4, 0.5) is 0 Å². The summed E-state index contributed by atoms with van der Waals surface area (Å²) in [5.41, 5.74) is 1.49. The van der Waals surface area contributed by atoms with E-state index >= 15 is 0 Å². The fraction of sp³-hybridized carbons (Fsp3) is 0.435. The Kier molecular flexibility index (Phi) is 5.74. The van der Waals surface area contributed by atoms with Crippen LogP contribution in [0.3, 0.4) is 0 Å². The maximum Gasteiger partial charge on any atom is 0.251 e. The summed E-state index contributed by atoms with van der Waals surface area (Å²) in [4.78, 5) is 12.9. The van der Waals surface area contributed by atoms with Crippen molar-refractivity contribution >= 4 is 15.9 Å². The highest BCUT2D eigenvalue weighted by molar-refractivity contribution is 7.89. The topological polar surface area (TPSA) is 66.5 Å². The maximum absolute atomic E-state index is 12.9. The Balaban J connectivity index is 1.41. The van der Waals surface area contributed by atoms with E-state index in [0.717, 1.165) is 17.9 Å². The molecule has 154 valence electrons. The molecule has 2 bridgehead atoms. The Hall–Kier alpha value is -2.18. The first-order chi connectivity index (χ1) is 14.0. The zero-order valence-electron chi connectivity index (χ0n) is 16.8. The zero-order chi connectivity index (χ0) is 20.4. The van der Waals surface area contributed by atoms with E-state index in [9.17, 15) is 13.2 Å². The molecule has 2 aliphatic rings. The molecule has 0 aromatic heterocycles. The molecule has 0 spiro atoms. The molecule has 2 aromatic rings. The van der Waals surface area contributed by atoms with Gasteiger partial charge >= 0.3 is 0 Å². The standard InChI is InChI=1S/C23H28N2O3S/c1-2-25(29(27,28)21-6-4-3-5-7-21)16-17-8-11-19(12-9-17)23(26)24-22-15-18-10-13-20(22)14-18/h3-9,11-12,18,20,22H,2,10,13-16H2,1H3,(H,24,26)/t18-,20-,22+/m0/s1. The lowest BCUT2D eigenvalue weighted by Crippen LogP contribution is -2.38. The van der Waals surface area contributed by atoms with Crippen molar-refractivity contribution in [3.05, 3.63) is 65.7 Å². The summed E-state index contributed by atoms with van der Waals surface area (Å²) in [5, 5.41) is 3.20. The minimum Gasteiger partial charge on any atom is -0.349 e. The number of fused-ring (bicyclic) bond motifs is 2. The number of benzene rings is 2. The lowest BCUT2D eigenvalue weighted by molar-refractivity contribution is 0.0923. The molecule has 5 nitrogen and oxygen atoms in total. The molecule has 29 heavy (non-hydrogen) atoms. The number of hydrogen-bond acceptors (Lipinski definition) is 3. The van der Waals surface area contributed by atoms with Crippen LogP contribution in [-0.2, 0) is 16.6 Å². The van der Waals surface area contributed by atoms with Gasteiger partial charge in [-0.2, -0.15) is 4.31 Å². The van der Waals surface area contributed by atoms with Gasteiger partial charge in [-0.15, -0.1) is 0 Å². The molecular formula is C23H28N2O3S. The van der Waals surface area contributed by atoms with Crippen molar-refractivity contribution in [2.75, 3.05) is 6.54 Å². The van der Waals surface area contributed by atoms with Gasteiger partial charge in [0.15, 0.2) is 0 Å². The summed E-state index contributed by atoms with van der Waals surface area (Å²) in [7, 11) is -3.54. The molecule has 0 radical (unpaired) electrons. The number of rotatable bonds is 7. The molecule has 1 amide bonds. The molecule has 0 aliphatic heterocycles. The summed E-state index contributed by atoms with van der Waals surface area (Å²) in [6, 6.07) is 16.1. The van der Waals surface area contributed by atoms with Crippen LogP contribution in [0.5, 0.6) is 0 Å². The average molecular weight is 413 g/mol. The molecule has 1 N–H and O–H groups in total. The Bertz CT molecular complexity index is 957. The molecular weight excluding hydrogens is 384 g/mol. The van der Waals surface area contributed by atoms with Gasteiger partial charge in [-0.05, 0) is 60.9 Å². The smallest absolute Gasteiger partial charge is 0.251 e. The quantitative estimate of drug-likeness (QED) is 0.752. The molecule has 0 saturated heterocycles. The summed E-state index contributed by atoms with van der Waals surface area (Å²) in [6.07, 6.45) is 4.91. The predicted octanol–water partition coefficient (Wildman–Crippen LogP) is 3.82. The fourth-order valence-corrected chi connectivity index (χ4v) is 6.20. The van der Waals surface area contributed by atoms with Crippen molar-refractivity contribution in [3.63, 3.8) is 0 Å². The van der Waals surface area contributed by atoms with Crippen LogP contribution in [0.25, 0.3) is 0 Å². The molecule has 0 unspecified atom stereocenters. The highest BCUT2D eigenvalue weighted by Crippen LogP contribution is 2.44. The van der Waals surface area contributed by atoms with Gasteiger partial charge in [0.2, 0.25) is 10.0 Å². The summed E-state index contributed by atoms with van der Waals surface area (Å²) in [6.45, 7) is 2.49. The van der Waals surface area contributed by atoms with Crippen LogP contribution in [0.15, 0.2) is 59.5 Å². The Morgan fingerprint density at radius 2 is 1.76 bits per heavy atom. The molecule has 0 heterocycles. The monoisotopic (exact) mass is 412 g/mol. The molecule has 6 heteroatoms. The van der Waals surface area contributed by atoms with E-state index in [1.165, 1.54) is 23.6 Å². The third-order valence-electron chi connectivity index (χ3n) is 6.36. The van der Waals surface area contributed by atoms with Crippen molar-refractivity contribution in [1.82, 2.24) is 9.62 Å². The van der Waals surface area contributed by atoms with E-state index < -0.39 is 10.0 Å². The van der Waals surface area contributed by atoms with Crippen molar-refractivity contribution < 1.29 is 13.2 Å². The zero-order valence-corrected chi connectivity index (χ0v) is 17.6. The van der Waals surface area contributed by atoms with Crippen LogP contribution < -0.4 is 5.32 Å². The summed E-state index contributed by atoms with van der Waals surface area (Å²) < 4.78 is 27.2. The van der Waals surface area contributed by atoms with E-state index in [1.807, 2.05) is 19.1 Å². The number of hydrogen-bond donors (Lipinski definition) is 1. The average Bonchev–Trinajstić information content (AvgIpc) is 3.36. The predicted molar refractivity (Wildman–Crippen MR) is 113 cm³/mol. The van der Waals surface area contributed by atoms with Gasteiger partial charge in [-0.1, -0.05) is 43.7 Å². The second kappa shape index (κ2) is 8.28. The number of carbonyl (C=O) groups excluding carboxylic acids is 1. The van der Waals surface area contributed by atoms with Gasteiger partial charge in [-0.3, -0.25) is 4.79 Å². The van der Waals surface area contributed by atoms with Crippen molar-refractivity contribution in [3.8, 4) is 0 Å². The number of amides is 1. The van der Waals surface area contributed by atoms with E-state index in [4.69, 9.17) is 0 Å². The van der Waals surface area contributed by atoms with E-state index in [2.05, 4.69) is 5.32 Å². The molecule has 2 aromatic carbocycles. The highest BCUT2D eigenvalue weighted by Gasteiger charge is 2.40.